The zero-order valence-electron chi connectivity index (χ0n) is 21.6. The van der Waals surface area contributed by atoms with Gasteiger partial charge in [0, 0.05) is 43.3 Å². The van der Waals surface area contributed by atoms with E-state index in [0.29, 0.717) is 18.9 Å². The molecule has 2 aromatic rings. The van der Waals surface area contributed by atoms with E-state index < -0.39 is 12.1 Å². The fraction of sp³-hybridized carbons (Fsp3) is 0.571. The molecular formula is C28H39N3O4S. The Hall–Kier alpha value is -2.26. The molecule has 0 bridgehead atoms. The van der Waals surface area contributed by atoms with Crippen LogP contribution < -0.4 is 15.4 Å². The van der Waals surface area contributed by atoms with Crippen molar-refractivity contribution in [3.05, 3.63) is 47.5 Å². The number of amides is 1. The number of aliphatic hydroxyl groups is 1. The molecule has 1 amide bonds. The number of aliphatic hydroxyl groups excluding tert-OH is 1. The molecule has 0 unspecified atom stereocenters. The van der Waals surface area contributed by atoms with Crippen LogP contribution in [0.4, 0.5) is 0 Å². The lowest BCUT2D eigenvalue weighted by atomic mass is 9.72. The molecule has 2 heterocycles. The predicted octanol–water partition coefficient (Wildman–Crippen LogP) is 4.41. The van der Waals surface area contributed by atoms with Gasteiger partial charge >= 0.3 is 0 Å². The number of carbonyl (C=O) groups is 1. The fourth-order valence-corrected chi connectivity index (χ4v) is 5.92. The Morgan fingerprint density at radius 1 is 1.42 bits per heavy atom. The SMILES string of the molecule is C=CC[C@H](NC(=O)COC)[C@H](O)CN[C@H]1CC2(CCC2)Oc2c(-c3nccs3)cc(CC(C)C)cc21. The third-order valence-electron chi connectivity index (χ3n) is 7.10. The Kier molecular flexibility index (Phi) is 8.83. The van der Waals surface area contributed by atoms with E-state index in [1.165, 1.54) is 12.7 Å². The molecule has 1 spiro atoms. The zero-order chi connectivity index (χ0) is 25.7. The van der Waals surface area contributed by atoms with Gasteiger partial charge in [0.1, 0.15) is 23.0 Å². The molecule has 8 heteroatoms. The summed E-state index contributed by atoms with van der Waals surface area (Å²) in [7, 11) is 1.48. The number of ether oxygens (including phenoxy) is 2. The minimum Gasteiger partial charge on any atom is -0.486 e. The van der Waals surface area contributed by atoms with Gasteiger partial charge in [-0.05, 0) is 49.7 Å². The van der Waals surface area contributed by atoms with E-state index in [2.05, 4.69) is 48.2 Å². The highest BCUT2D eigenvalue weighted by Crippen LogP contribution is 2.52. The first kappa shape index (κ1) is 26.8. The molecule has 1 aliphatic carbocycles. The molecule has 0 saturated heterocycles. The molecule has 4 rings (SSSR count). The normalized spacial score (nSPS) is 19.8. The summed E-state index contributed by atoms with van der Waals surface area (Å²) in [4.78, 5) is 16.7. The topological polar surface area (TPSA) is 92.7 Å². The molecule has 36 heavy (non-hydrogen) atoms. The van der Waals surface area contributed by atoms with Crippen molar-refractivity contribution in [3.8, 4) is 16.3 Å². The van der Waals surface area contributed by atoms with E-state index in [4.69, 9.17) is 9.47 Å². The molecule has 7 nitrogen and oxygen atoms in total. The van der Waals surface area contributed by atoms with Crippen LogP contribution in [0.2, 0.25) is 0 Å². The van der Waals surface area contributed by atoms with Gasteiger partial charge in [0.05, 0.1) is 17.7 Å². The summed E-state index contributed by atoms with van der Waals surface area (Å²) in [5, 5.41) is 20.5. The lowest BCUT2D eigenvalue weighted by Crippen LogP contribution is -2.52. The molecule has 196 valence electrons. The molecule has 1 aliphatic heterocycles. The quantitative estimate of drug-likeness (QED) is 0.364. The zero-order valence-corrected chi connectivity index (χ0v) is 22.4. The van der Waals surface area contributed by atoms with Crippen molar-refractivity contribution >= 4 is 17.2 Å². The first-order chi connectivity index (χ1) is 17.3. The molecule has 1 aromatic carbocycles. The Labute approximate surface area is 218 Å². The minimum absolute atomic E-state index is 0.0357. The van der Waals surface area contributed by atoms with Crippen LogP contribution >= 0.6 is 11.3 Å². The number of methoxy groups -OCH3 is 1. The van der Waals surface area contributed by atoms with Crippen LogP contribution in [0, 0.1) is 5.92 Å². The second kappa shape index (κ2) is 11.9. The Bertz CT molecular complexity index is 1040. The van der Waals surface area contributed by atoms with Crippen LogP contribution in [-0.4, -0.2) is 54.0 Å². The fourth-order valence-electron chi connectivity index (χ4n) is 5.27. The molecule has 3 atom stereocenters. The van der Waals surface area contributed by atoms with E-state index >= 15 is 0 Å². The molecular weight excluding hydrogens is 474 g/mol. The number of thiazole rings is 1. The number of rotatable bonds is 12. The highest BCUT2D eigenvalue weighted by Gasteiger charge is 2.46. The van der Waals surface area contributed by atoms with Gasteiger partial charge in [-0.2, -0.15) is 0 Å². The van der Waals surface area contributed by atoms with E-state index in [1.54, 1.807) is 17.4 Å². The highest BCUT2D eigenvalue weighted by atomic mass is 32.1. The van der Waals surface area contributed by atoms with Crippen molar-refractivity contribution in [3.63, 3.8) is 0 Å². The Balaban J connectivity index is 1.61. The first-order valence-electron chi connectivity index (χ1n) is 12.9. The number of carbonyl (C=O) groups excluding carboxylic acids is 1. The van der Waals surface area contributed by atoms with Crippen molar-refractivity contribution in [2.75, 3.05) is 20.3 Å². The lowest BCUT2D eigenvalue weighted by molar-refractivity contribution is -0.126. The van der Waals surface area contributed by atoms with Gasteiger partial charge in [0.25, 0.3) is 0 Å². The van der Waals surface area contributed by atoms with Crippen molar-refractivity contribution in [2.45, 2.75) is 76.2 Å². The standard InChI is InChI=1S/C28H39N3O4S/c1-5-7-22(31-25(33)17-34-4)24(32)16-30-23-15-28(8-6-9-28)35-26-20(23)13-19(12-18(2)3)14-21(26)27-29-10-11-36-27/h5,10-11,13-14,18,22-24,30,32H,1,6-9,12,15-17H2,2-4H3,(H,31,33)/t22-,23-,24+/m0/s1. The van der Waals surface area contributed by atoms with Crippen molar-refractivity contribution in [2.24, 2.45) is 5.92 Å². The van der Waals surface area contributed by atoms with Gasteiger partial charge in [-0.3, -0.25) is 4.79 Å². The number of nitrogens with one attached hydrogen (secondary N) is 2. The van der Waals surface area contributed by atoms with Crippen LogP contribution in [-0.2, 0) is 16.0 Å². The van der Waals surface area contributed by atoms with Crippen LogP contribution in [0.3, 0.4) is 0 Å². The van der Waals surface area contributed by atoms with Crippen LogP contribution in [0.25, 0.3) is 10.6 Å². The molecule has 0 radical (unpaired) electrons. The lowest BCUT2D eigenvalue weighted by Gasteiger charge is -2.49. The van der Waals surface area contributed by atoms with Crippen molar-refractivity contribution in [1.29, 1.82) is 0 Å². The highest BCUT2D eigenvalue weighted by molar-refractivity contribution is 7.13. The smallest absolute Gasteiger partial charge is 0.246 e. The second-order valence-electron chi connectivity index (χ2n) is 10.5. The molecule has 3 N–H and O–H groups in total. The average Bonchev–Trinajstić information content (AvgIpc) is 3.35. The van der Waals surface area contributed by atoms with E-state index in [0.717, 1.165) is 54.0 Å². The van der Waals surface area contributed by atoms with Gasteiger partial charge < -0.3 is 25.2 Å². The second-order valence-corrected chi connectivity index (χ2v) is 11.4. The van der Waals surface area contributed by atoms with E-state index in [-0.39, 0.29) is 24.2 Å². The summed E-state index contributed by atoms with van der Waals surface area (Å²) in [5.41, 5.74) is 3.29. The van der Waals surface area contributed by atoms with Crippen LogP contribution in [0.1, 0.15) is 63.1 Å². The number of nitrogens with zero attached hydrogens (tertiary/aromatic N) is 1. The summed E-state index contributed by atoms with van der Waals surface area (Å²) in [6.45, 7) is 8.54. The summed E-state index contributed by atoms with van der Waals surface area (Å²) >= 11 is 1.63. The number of aromatic nitrogens is 1. The number of benzene rings is 1. The average molecular weight is 514 g/mol. The Morgan fingerprint density at radius 3 is 2.83 bits per heavy atom. The third-order valence-corrected chi connectivity index (χ3v) is 7.91. The van der Waals surface area contributed by atoms with E-state index in [1.807, 2.05) is 11.6 Å². The van der Waals surface area contributed by atoms with E-state index in [9.17, 15) is 9.90 Å². The van der Waals surface area contributed by atoms with Gasteiger partial charge in [0.2, 0.25) is 5.91 Å². The summed E-state index contributed by atoms with van der Waals surface area (Å²) < 4.78 is 11.7. The van der Waals surface area contributed by atoms with Gasteiger partial charge in [-0.1, -0.05) is 26.0 Å². The number of fused-ring (bicyclic) bond motifs is 1. The molecule has 2 aliphatic rings. The van der Waals surface area contributed by atoms with Crippen LogP contribution in [0.15, 0.2) is 36.4 Å². The first-order valence-corrected chi connectivity index (χ1v) is 13.8. The maximum atomic E-state index is 12.1. The van der Waals surface area contributed by atoms with Crippen molar-refractivity contribution in [1.82, 2.24) is 15.6 Å². The maximum Gasteiger partial charge on any atom is 0.246 e. The third kappa shape index (κ3) is 6.17. The number of hydrogen-bond donors (Lipinski definition) is 3. The summed E-state index contributed by atoms with van der Waals surface area (Å²) in [6, 6.07) is 4.11. The number of hydrogen-bond acceptors (Lipinski definition) is 7. The molecule has 1 saturated carbocycles. The van der Waals surface area contributed by atoms with Gasteiger partial charge in [0.15, 0.2) is 0 Å². The van der Waals surface area contributed by atoms with Gasteiger partial charge in [-0.25, -0.2) is 4.98 Å². The maximum absolute atomic E-state index is 12.1. The predicted molar refractivity (Wildman–Crippen MR) is 143 cm³/mol. The largest absolute Gasteiger partial charge is 0.486 e. The minimum atomic E-state index is -0.773. The van der Waals surface area contributed by atoms with Gasteiger partial charge in [-0.15, -0.1) is 17.9 Å². The summed E-state index contributed by atoms with van der Waals surface area (Å²) in [5.74, 6) is 1.20. The molecule has 1 fully saturated rings. The summed E-state index contributed by atoms with van der Waals surface area (Å²) in [6.07, 6.45) is 8.31. The van der Waals surface area contributed by atoms with Crippen molar-refractivity contribution < 1.29 is 19.4 Å². The molecule has 1 aromatic heterocycles. The van der Waals surface area contributed by atoms with Crippen LogP contribution in [0.5, 0.6) is 5.75 Å². The monoisotopic (exact) mass is 513 g/mol. The Morgan fingerprint density at radius 2 is 2.22 bits per heavy atom.